The molecule has 0 aliphatic carbocycles. The van der Waals surface area contributed by atoms with Crippen molar-refractivity contribution >= 4 is 11.6 Å². The number of rotatable bonds is 7. The number of halogens is 3. The summed E-state index contributed by atoms with van der Waals surface area (Å²) in [6.45, 7) is 4.11. The molecule has 0 spiro atoms. The third-order valence-electron chi connectivity index (χ3n) is 3.61. The molecule has 0 atom stereocenters. The van der Waals surface area contributed by atoms with Crippen molar-refractivity contribution in [2.24, 2.45) is 0 Å². The van der Waals surface area contributed by atoms with E-state index in [0.29, 0.717) is 29.4 Å². The summed E-state index contributed by atoms with van der Waals surface area (Å²) in [5.74, 6) is 0.659. The van der Waals surface area contributed by atoms with Gasteiger partial charge in [0.25, 0.3) is 5.89 Å². The molecule has 0 N–H and O–H groups in total. The van der Waals surface area contributed by atoms with Crippen LogP contribution in [0.2, 0.25) is 5.02 Å². The lowest BCUT2D eigenvalue weighted by molar-refractivity contribution is 0.106. The van der Waals surface area contributed by atoms with Gasteiger partial charge < -0.3 is 13.8 Å². The van der Waals surface area contributed by atoms with Crippen LogP contribution in [0, 0.1) is 13.8 Å². The number of nitrogens with zero attached hydrogens (tertiary/aromatic N) is 3. The SMILES string of the molecule is Cc1cc(CCCOc2c(C)cc(-c3noc(C(F)F)n3)cc2Cl)on1. The Morgan fingerprint density at radius 3 is 2.58 bits per heavy atom. The summed E-state index contributed by atoms with van der Waals surface area (Å²) in [6.07, 6.45) is -1.38. The third-order valence-corrected chi connectivity index (χ3v) is 3.89. The highest BCUT2D eigenvalue weighted by atomic mass is 35.5. The first kappa shape index (κ1) is 18.3. The highest BCUT2D eigenvalue weighted by molar-refractivity contribution is 6.32. The van der Waals surface area contributed by atoms with Gasteiger partial charge in [0.2, 0.25) is 5.82 Å². The van der Waals surface area contributed by atoms with Crippen LogP contribution in [0.15, 0.2) is 27.2 Å². The normalized spacial score (nSPS) is 11.3. The molecule has 26 heavy (non-hydrogen) atoms. The highest BCUT2D eigenvalue weighted by Crippen LogP contribution is 2.33. The van der Waals surface area contributed by atoms with Gasteiger partial charge in [0, 0.05) is 18.1 Å². The van der Waals surface area contributed by atoms with E-state index in [1.807, 2.05) is 13.0 Å². The summed E-state index contributed by atoms with van der Waals surface area (Å²) < 4.78 is 40.5. The second-order valence-corrected chi connectivity index (χ2v) is 6.15. The number of aromatic nitrogens is 3. The highest BCUT2D eigenvalue weighted by Gasteiger charge is 2.19. The number of hydrogen-bond acceptors (Lipinski definition) is 6. The first-order valence-electron chi connectivity index (χ1n) is 7.91. The van der Waals surface area contributed by atoms with E-state index in [4.69, 9.17) is 20.9 Å². The quantitative estimate of drug-likeness (QED) is 0.538. The van der Waals surface area contributed by atoms with E-state index in [9.17, 15) is 8.78 Å². The fraction of sp³-hybridized carbons (Fsp3) is 0.353. The molecule has 0 aliphatic rings. The lowest BCUT2D eigenvalue weighted by atomic mass is 10.1. The molecule has 0 amide bonds. The molecule has 0 aliphatic heterocycles. The average molecular weight is 384 g/mol. The fourth-order valence-corrected chi connectivity index (χ4v) is 2.76. The summed E-state index contributed by atoms with van der Waals surface area (Å²) in [4.78, 5) is 3.66. The van der Waals surface area contributed by atoms with Gasteiger partial charge in [0.15, 0.2) is 0 Å². The molecule has 138 valence electrons. The first-order chi connectivity index (χ1) is 12.4. The standard InChI is InChI=1S/C17H16ClF2N3O3/c1-9-6-11(16-21-17(15(19)20)26-23-16)8-13(18)14(9)24-5-3-4-12-7-10(2)22-25-12/h6-8,15H,3-5H2,1-2H3. The van der Waals surface area contributed by atoms with Crippen LogP contribution in [-0.2, 0) is 6.42 Å². The van der Waals surface area contributed by atoms with Crippen molar-refractivity contribution in [1.29, 1.82) is 0 Å². The molecular weight excluding hydrogens is 368 g/mol. The van der Waals surface area contributed by atoms with Crippen molar-refractivity contribution in [3.05, 3.63) is 46.1 Å². The van der Waals surface area contributed by atoms with E-state index in [1.165, 1.54) is 0 Å². The van der Waals surface area contributed by atoms with Crippen molar-refractivity contribution in [3.63, 3.8) is 0 Å². The van der Waals surface area contributed by atoms with Crippen molar-refractivity contribution < 1.29 is 22.6 Å². The molecule has 1 aromatic carbocycles. The molecule has 0 bridgehead atoms. The number of benzene rings is 1. The van der Waals surface area contributed by atoms with Crippen LogP contribution in [-0.4, -0.2) is 21.9 Å². The van der Waals surface area contributed by atoms with Crippen LogP contribution in [0.1, 0.15) is 35.8 Å². The Labute approximate surface area is 153 Å². The van der Waals surface area contributed by atoms with Crippen molar-refractivity contribution in [2.75, 3.05) is 6.61 Å². The predicted octanol–water partition coefficient (Wildman–Crippen LogP) is 4.94. The van der Waals surface area contributed by atoms with Crippen LogP contribution in [0.4, 0.5) is 8.78 Å². The Morgan fingerprint density at radius 2 is 1.96 bits per heavy atom. The van der Waals surface area contributed by atoms with Gasteiger partial charge in [-0.25, -0.2) is 0 Å². The second kappa shape index (κ2) is 7.82. The molecule has 2 heterocycles. The molecular formula is C17H16ClF2N3O3. The third kappa shape index (κ3) is 4.19. The fourth-order valence-electron chi connectivity index (χ4n) is 2.44. The van der Waals surface area contributed by atoms with Crippen molar-refractivity contribution in [2.45, 2.75) is 33.1 Å². The minimum Gasteiger partial charge on any atom is -0.492 e. The zero-order chi connectivity index (χ0) is 18.7. The maximum absolute atomic E-state index is 12.6. The minimum atomic E-state index is -2.82. The summed E-state index contributed by atoms with van der Waals surface area (Å²) in [6, 6.07) is 5.15. The Morgan fingerprint density at radius 1 is 1.15 bits per heavy atom. The zero-order valence-electron chi connectivity index (χ0n) is 14.1. The van der Waals surface area contributed by atoms with Gasteiger partial charge in [-0.1, -0.05) is 21.9 Å². The number of aryl methyl sites for hydroxylation is 3. The van der Waals surface area contributed by atoms with E-state index in [0.717, 1.165) is 23.4 Å². The lowest BCUT2D eigenvalue weighted by Gasteiger charge is -2.11. The van der Waals surface area contributed by atoms with Gasteiger partial charge in [0.05, 0.1) is 17.3 Å². The number of hydrogen-bond donors (Lipinski definition) is 0. The van der Waals surface area contributed by atoms with Crippen LogP contribution < -0.4 is 4.74 Å². The van der Waals surface area contributed by atoms with E-state index < -0.39 is 12.3 Å². The molecule has 0 unspecified atom stereocenters. The Kier molecular flexibility index (Phi) is 5.51. The van der Waals surface area contributed by atoms with Crippen molar-refractivity contribution in [3.8, 4) is 17.1 Å². The zero-order valence-corrected chi connectivity index (χ0v) is 14.9. The Balaban J connectivity index is 1.65. The lowest BCUT2D eigenvalue weighted by Crippen LogP contribution is -2.01. The van der Waals surface area contributed by atoms with Gasteiger partial charge in [-0.2, -0.15) is 13.8 Å². The van der Waals surface area contributed by atoms with Crippen LogP contribution >= 0.6 is 11.6 Å². The molecule has 6 nitrogen and oxygen atoms in total. The largest absolute Gasteiger partial charge is 0.492 e. The summed E-state index contributed by atoms with van der Waals surface area (Å²) in [5, 5.41) is 7.72. The molecule has 0 fully saturated rings. The van der Waals surface area contributed by atoms with Gasteiger partial charge >= 0.3 is 6.43 Å². The molecule has 0 saturated carbocycles. The van der Waals surface area contributed by atoms with Gasteiger partial charge in [0.1, 0.15) is 11.5 Å². The molecule has 0 saturated heterocycles. The summed E-state index contributed by atoms with van der Waals surface area (Å²) in [5.41, 5.74) is 2.06. The summed E-state index contributed by atoms with van der Waals surface area (Å²) in [7, 11) is 0. The monoisotopic (exact) mass is 383 g/mol. The topological polar surface area (TPSA) is 74.2 Å². The first-order valence-corrected chi connectivity index (χ1v) is 8.29. The molecule has 3 aromatic rings. The molecule has 0 radical (unpaired) electrons. The molecule has 9 heteroatoms. The Hall–Kier alpha value is -2.48. The molecule has 2 aromatic heterocycles. The molecule has 3 rings (SSSR count). The van der Waals surface area contributed by atoms with Gasteiger partial charge in [-0.15, -0.1) is 0 Å². The predicted molar refractivity (Wildman–Crippen MR) is 89.5 cm³/mol. The maximum Gasteiger partial charge on any atom is 0.315 e. The second-order valence-electron chi connectivity index (χ2n) is 5.75. The van der Waals surface area contributed by atoms with Crippen LogP contribution in [0.3, 0.4) is 0 Å². The van der Waals surface area contributed by atoms with E-state index in [2.05, 4.69) is 19.8 Å². The van der Waals surface area contributed by atoms with Crippen LogP contribution in [0.25, 0.3) is 11.4 Å². The Bertz CT molecular complexity index is 872. The van der Waals surface area contributed by atoms with Crippen LogP contribution in [0.5, 0.6) is 5.75 Å². The average Bonchev–Trinajstić information content (AvgIpc) is 3.22. The maximum atomic E-state index is 12.6. The van der Waals surface area contributed by atoms with Gasteiger partial charge in [-0.3, -0.25) is 0 Å². The van der Waals surface area contributed by atoms with E-state index >= 15 is 0 Å². The van der Waals surface area contributed by atoms with Crippen molar-refractivity contribution in [1.82, 2.24) is 15.3 Å². The number of alkyl halides is 2. The van der Waals surface area contributed by atoms with E-state index in [1.54, 1.807) is 19.1 Å². The minimum absolute atomic E-state index is 0.0533. The number of ether oxygens (including phenoxy) is 1. The van der Waals surface area contributed by atoms with Gasteiger partial charge in [-0.05, 0) is 38.0 Å². The summed E-state index contributed by atoms with van der Waals surface area (Å²) >= 11 is 6.27. The van der Waals surface area contributed by atoms with E-state index in [-0.39, 0.29) is 5.82 Å². The smallest absolute Gasteiger partial charge is 0.315 e.